The molecule has 0 aromatic rings. The molecule has 0 aromatic heterocycles. The first-order valence-corrected chi connectivity index (χ1v) is 6.13. The zero-order valence-electron chi connectivity index (χ0n) is 10.1. The van der Waals surface area contributed by atoms with Crippen LogP contribution in [0.15, 0.2) is 0 Å². The molecular formula is C12H22F3N. The van der Waals surface area contributed by atoms with Gasteiger partial charge in [-0.15, -0.1) is 0 Å². The SMILES string of the molecule is CC(C)CC(N)C1CCCC(C(F)(F)F)C1. The Balaban J connectivity index is 2.50. The predicted octanol–water partition coefficient (Wildman–Crippen LogP) is 3.73. The maximum absolute atomic E-state index is 12.6. The van der Waals surface area contributed by atoms with Crippen LogP contribution in [0.25, 0.3) is 0 Å². The van der Waals surface area contributed by atoms with Crippen LogP contribution in [-0.4, -0.2) is 12.2 Å². The van der Waals surface area contributed by atoms with Crippen molar-refractivity contribution in [1.29, 1.82) is 0 Å². The van der Waals surface area contributed by atoms with Gasteiger partial charge in [-0.1, -0.05) is 20.3 Å². The van der Waals surface area contributed by atoms with Gasteiger partial charge in [-0.2, -0.15) is 13.2 Å². The number of nitrogens with two attached hydrogens (primary N) is 1. The minimum Gasteiger partial charge on any atom is -0.327 e. The van der Waals surface area contributed by atoms with Crippen molar-refractivity contribution in [3.63, 3.8) is 0 Å². The van der Waals surface area contributed by atoms with Gasteiger partial charge in [-0.3, -0.25) is 0 Å². The summed E-state index contributed by atoms with van der Waals surface area (Å²) in [7, 11) is 0. The van der Waals surface area contributed by atoms with Crippen molar-refractivity contribution in [2.24, 2.45) is 23.5 Å². The van der Waals surface area contributed by atoms with Crippen molar-refractivity contribution in [2.75, 3.05) is 0 Å². The lowest BCUT2D eigenvalue weighted by Gasteiger charge is -2.34. The van der Waals surface area contributed by atoms with Crippen molar-refractivity contribution in [1.82, 2.24) is 0 Å². The van der Waals surface area contributed by atoms with Crippen molar-refractivity contribution in [3.8, 4) is 0 Å². The molecule has 16 heavy (non-hydrogen) atoms. The molecule has 0 aliphatic heterocycles. The summed E-state index contributed by atoms with van der Waals surface area (Å²) in [5.41, 5.74) is 5.99. The van der Waals surface area contributed by atoms with Gasteiger partial charge in [0.25, 0.3) is 0 Å². The van der Waals surface area contributed by atoms with Crippen molar-refractivity contribution < 1.29 is 13.2 Å². The molecular weight excluding hydrogens is 215 g/mol. The van der Waals surface area contributed by atoms with E-state index in [1.807, 2.05) is 0 Å². The maximum Gasteiger partial charge on any atom is 0.391 e. The monoisotopic (exact) mass is 237 g/mol. The van der Waals surface area contributed by atoms with Crippen LogP contribution in [0.1, 0.15) is 46.0 Å². The maximum atomic E-state index is 12.6. The number of rotatable bonds is 3. The summed E-state index contributed by atoms with van der Waals surface area (Å²) in [5.74, 6) is -0.603. The Labute approximate surface area is 95.6 Å². The molecule has 0 aromatic carbocycles. The van der Waals surface area contributed by atoms with Gasteiger partial charge in [0.05, 0.1) is 5.92 Å². The molecule has 3 atom stereocenters. The highest BCUT2D eigenvalue weighted by molar-refractivity contribution is 4.83. The number of halogens is 3. The average Bonchev–Trinajstić information content (AvgIpc) is 2.15. The van der Waals surface area contributed by atoms with Gasteiger partial charge >= 0.3 is 6.18 Å². The Kier molecular flexibility index (Phi) is 4.65. The second kappa shape index (κ2) is 5.39. The van der Waals surface area contributed by atoms with Crippen molar-refractivity contribution in [2.45, 2.75) is 58.2 Å². The molecule has 96 valence electrons. The Morgan fingerprint density at radius 3 is 2.38 bits per heavy atom. The smallest absolute Gasteiger partial charge is 0.327 e. The topological polar surface area (TPSA) is 26.0 Å². The number of hydrogen-bond donors (Lipinski definition) is 1. The molecule has 3 unspecified atom stereocenters. The third kappa shape index (κ3) is 3.96. The van der Waals surface area contributed by atoms with Gasteiger partial charge in [0.1, 0.15) is 0 Å². The van der Waals surface area contributed by atoms with Crippen molar-refractivity contribution in [3.05, 3.63) is 0 Å². The van der Waals surface area contributed by atoms with E-state index in [9.17, 15) is 13.2 Å². The Bertz CT molecular complexity index is 213. The van der Waals surface area contributed by atoms with Crippen LogP contribution in [-0.2, 0) is 0 Å². The summed E-state index contributed by atoms with van der Waals surface area (Å²) in [6.07, 6.45) is -1.15. The standard InChI is InChI=1S/C12H22F3N/c1-8(2)6-11(16)9-4-3-5-10(7-9)12(13,14)15/h8-11H,3-7,16H2,1-2H3. The molecule has 1 aliphatic rings. The molecule has 0 saturated heterocycles. The van der Waals surface area contributed by atoms with E-state index in [4.69, 9.17) is 5.73 Å². The normalized spacial score (nSPS) is 29.4. The zero-order chi connectivity index (χ0) is 12.3. The summed E-state index contributed by atoms with van der Waals surface area (Å²) in [5, 5.41) is 0. The Morgan fingerprint density at radius 1 is 1.25 bits per heavy atom. The van der Waals surface area contributed by atoms with Gasteiger partial charge in [-0.25, -0.2) is 0 Å². The molecule has 1 nitrogen and oxygen atoms in total. The summed E-state index contributed by atoms with van der Waals surface area (Å²) in [4.78, 5) is 0. The van der Waals surface area contributed by atoms with Gasteiger partial charge in [-0.05, 0) is 37.5 Å². The van der Waals surface area contributed by atoms with E-state index in [1.165, 1.54) is 0 Å². The van der Waals surface area contributed by atoms with Crippen LogP contribution in [0.5, 0.6) is 0 Å². The van der Waals surface area contributed by atoms with Gasteiger partial charge in [0.2, 0.25) is 0 Å². The fourth-order valence-corrected chi connectivity index (χ4v) is 2.65. The van der Waals surface area contributed by atoms with Crippen LogP contribution >= 0.6 is 0 Å². The van der Waals surface area contributed by atoms with Crippen LogP contribution < -0.4 is 5.73 Å². The average molecular weight is 237 g/mol. The fourth-order valence-electron chi connectivity index (χ4n) is 2.65. The molecule has 2 N–H and O–H groups in total. The van der Waals surface area contributed by atoms with Crippen LogP contribution in [0.4, 0.5) is 13.2 Å². The van der Waals surface area contributed by atoms with Gasteiger partial charge in [0, 0.05) is 6.04 Å². The lowest BCUT2D eigenvalue weighted by molar-refractivity contribution is -0.186. The Hall–Kier alpha value is -0.250. The predicted molar refractivity (Wildman–Crippen MR) is 58.9 cm³/mol. The fraction of sp³-hybridized carbons (Fsp3) is 1.00. The van der Waals surface area contributed by atoms with E-state index in [-0.39, 0.29) is 24.8 Å². The van der Waals surface area contributed by atoms with E-state index >= 15 is 0 Å². The minimum atomic E-state index is -4.03. The van der Waals surface area contributed by atoms with E-state index in [0.29, 0.717) is 12.3 Å². The molecule has 0 amide bonds. The molecule has 1 saturated carbocycles. The lowest BCUT2D eigenvalue weighted by atomic mass is 9.76. The lowest BCUT2D eigenvalue weighted by Crippen LogP contribution is -2.38. The minimum absolute atomic E-state index is 0.0581. The van der Waals surface area contributed by atoms with Gasteiger partial charge < -0.3 is 5.73 Å². The van der Waals surface area contributed by atoms with E-state index in [1.54, 1.807) is 0 Å². The van der Waals surface area contributed by atoms with Crippen LogP contribution in [0, 0.1) is 17.8 Å². The first-order chi connectivity index (χ1) is 7.30. The highest BCUT2D eigenvalue weighted by Gasteiger charge is 2.43. The number of hydrogen-bond acceptors (Lipinski definition) is 1. The first-order valence-electron chi connectivity index (χ1n) is 6.13. The third-order valence-corrected chi connectivity index (χ3v) is 3.53. The molecule has 1 fully saturated rings. The molecule has 4 heteroatoms. The third-order valence-electron chi connectivity index (χ3n) is 3.53. The summed E-state index contributed by atoms with van der Waals surface area (Å²) < 4.78 is 37.8. The molecule has 0 spiro atoms. The van der Waals surface area contributed by atoms with Gasteiger partial charge in [0.15, 0.2) is 0 Å². The summed E-state index contributed by atoms with van der Waals surface area (Å²) in [6, 6.07) is -0.0647. The van der Waals surface area contributed by atoms with E-state index in [0.717, 1.165) is 12.8 Å². The van der Waals surface area contributed by atoms with E-state index in [2.05, 4.69) is 13.8 Å². The van der Waals surface area contributed by atoms with Crippen LogP contribution in [0.2, 0.25) is 0 Å². The Morgan fingerprint density at radius 2 is 1.88 bits per heavy atom. The highest BCUT2D eigenvalue weighted by Crippen LogP contribution is 2.41. The van der Waals surface area contributed by atoms with Crippen molar-refractivity contribution >= 4 is 0 Å². The second-order valence-electron chi connectivity index (χ2n) is 5.46. The number of alkyl halides is 3. The van der Waals surface area contributed by atoms with E-state index < -0.39 is 12.1 Å². The molecule has 1 aliphatic carbocycles. The molecule has 0 radical (unpaired) electrons. The molecule has 1 rings (SSSR count). The molecule has 0 heterocycles. The largest absolute Gasteiger partial charge is 0.391 e. The summed E-state index contributed by atoms with van der Waals surface area (Å²) in [6.45, 7) is 4.12. The first kappa shape index (κ1) is 13.8. The second-order valence-corrected chi connectivity index (χ2v) is 5.46. The summed E-state index contributed by atoms with van der Waals surface area (Å²) >= 11 is 0. The quantitative estimate of drug-likeness (QED) is 0.795. The highest BCUT2D eigenvalue weighted by atomic mass is 19.4. The van der Waals surface area contributed by atoms with Crippen LogP contribution in [0.3, 0.4) is 0 Å². The zero-order valence-corrected chi connectivity index (χ0v) is 10.1. The molecule has 0 bridgehead atoms.